The number of esters is 1. The van der Waals surface area contributed by atoms with Crippen molar-refractivity contribution in [2.75, 3.05) is 17.7 Å². The third-order valence-electron chi connectivity index (χ3n) is 5.96. The first-order valence-corrected chi connectivity index (χ1v) is 10.9. The number of halogens is 2. The van der Waals surface area contributed by atoms with Crippen LogP contribution in [0, 0.1) is 17.6 Å². The smallest absolute Gasteiger partial charge is 0.320 e. The minimum absolute atomic E-state index is 0.130. The molecule has 0 aliphatic heterocycles. The predicted molar refractivity (Wildman–Crippen MR) is 120 cm³/mol. The predicted octanol–water partition coefficient (Wildman–Crippen LogP) is 5.18. The zero-order valence-electron chi connectivity index (χ0n) is 18.5. The average Bonchev–Trinajstić information content (AvgIpc) is 3.31. The van der Waals surface area contributed by atoms with Crippen LogP contribution in [0.15, 0.2) is 46.9 Å². The Morgan fingerprint density at radius 3 is 2.38 bits per heavy atom. The van der Waals surface area contributed by atoms with Gasteiger partial charge in [-0.05, 0) is 67.3 Å². The number of rotatable bonds is 7. The molecule has 1 aliphatic rings. The normalized spacial score (nSPS) is 17.7. The Morgan fingerprint density at radius 1 is 1.00 bits per heavy atom. The Morgan fingerprint density at radius 2 is 1.71 bits per heavy atom. The summed E-state index contributed by atoms with van der Waals surface area (Å²) in [5.41, 5.74) is 1.95. The molecule has 8 nitrogen and oxygen atoms in total. The summed E-state index contributed by atoms with van der Waals surface area (Å²) in [7, 11) is 1.42. The van der Waals surface area contributed by atoms with E-state index in [1.54, 1.807) is 0 Å². The lowest BCUT2D eigenvalue weighted by Gasteiger charge is -2.28. The van der Waals surface area contributed by atoms with Crippen LogP contribution in [0.4, 0.5) is 26.2 Å². The summed E-state index contributed by atoms with van der Waals surface area (Å²) in [5.74, 6) is -2.25. The highest BCUT2D eigenvalue weighted by atomic mass is 19.2. The van der Waals surface area contributed by atoms with Gasteiger partial charge in [0.1, 0.15) is 0 Å². The summed E-state index contributed by atoms with van der Waals surface area (Å²) in [6, 6.07) is 10.6. The third-order valence-corrected chi connectivity index (χ3v) is 5.96. The number of anilines is 3. The van der Waals surface area contributed by atoms with Crippen molar-refractivity contribution >= 4 is 29.3 Å². The first-order chi connectivity index (χ1) is 16.4. The van der Waals surface area contributed by atoms with Gasteiger partial charge < -0.3 is 19.8 Å². The highest BCUT2D eigenvalue weighted by Gasteiger charge is 2.24. The van der Waals surface area contributed by atoms with Crippen molar-refractivity contribution < 1.29 is 27.5 Å². The van der Waals surface area contributed by atoms with Gasteiger partial charge in [-0.3, -0.25) is 9.59 Å². The summed E-state index contributed by atoms with van der Waals surface area (Å²) in [4.78, 5) is 23.9. The Bertz CT molecular complexity index is 1160. The molecule has 1 aromatic heterocycles. The first kappa shape index (κ1) is 23.3. The molecule has 1 aliphatic carbocycles. The molecule has 0 atom stereocenters. The van der Waals surface area contributed by atoms with Crippen molar-refractivity contribution in [3.63, 3.8) is 0 Å². The van der Waals surface area contributed by atoms with E-state index >= 15 is 0 Å². The number of aromatic nitrogens is 2. The van der Waals surface area contributed by atoms with Crippen LogP contribution < -0.4 is 10.6 Å². The van der Waals surface area contributed by atoms with Crippen LogP contribution in [0.2, 0.25) is 0 Å². The Kier molecular flexibility index (Phi) is 7.15. The van der Waals surface area contributed by atoms with Gasteiger partial charge in [-0.25, -0.2) is 8.78 Å². The second-order valence-corrected chi connectivity index (χ2v) is 8.24. The van der Waals surface area contributed by atoms with Gasteiger partial charge in [-0.1, -0.05) is 17.2 Å². The topological polar surface area (TPSA) is 106 Å². The van der Waals surface area contributed by atoms with Crippen molar-refractivity contribution in [1.29, 1.82) is 0 Å². The fraction of sp³-hybridized carbons (Fsp3) is 0.333. The number of methoxy groups -OCH3 is 1. The first-order valence-electron chi connectivity index (χ1n) is 10.9. The number of nitrogens with one attached hydrogen (secondary N) is 2. The lowest BCUT2D eigenvalue weighted by molar-refractivity contribution is -0.142. The molecule has 1 fully saturated rings. The maximum Gasteiger partial charge on any atom is 0.320 e. The van der Waals surface area contributed by atoms with Crippen LogP contribution in [0.25, 0.3) is 0 Å². The molecule has 0 saturated heterocycles. The summed E-state index contributed by atoms with van der Waals surface area (Å²) >= 11 is 0. The van der Waals surface area contributed by atoms with Gasteiger partial charge in [0.25, 0.3) is 0 Å². The van der Waals surface area contributed by atoms with Crippen molar-refractivity contribution in [2.24, 2.45) is 5.92 Å². The highest BCUT2D eigenvalue weighted by Crippen LogP contribution is 2.37. The molecule has 4 rings (SSSR count). The van der Waals surface area contributed by atoms with Gasteiger partial charge in [0.2, 0.25) is 0 Å². The summed E-state index contributed by atoms with van der Waals surface area (Å²) in [6.45, 7) is 0. The van der Waals surface area contributed by atoms with Crippen molar-refractivity contribution in [1.82, 2.24) is 10.2 Å². The van der Waals surface area contributed by atoms with E-state index in [0.29, 0.717) is 23.9 Å². The molecule has 0 radical (unpaired) electrons. The SMILES string of the molecule is COC(=O)CC1CCC(c2ccc(NC(=O)c3nnc(Nc4ccc(F)c(F)c4)o3)cc2)CC1. The molecule has 0 bridgehead atoms. The van der Waals surface area contributed by atoms with Gasteiger partial charge in [0.05, 0.1) is 7.11 Å². The molecule has 2 aromatic carbocycles. The van der Waals surface area contributed by atoms with Gasteiger partial charge in [-0.2, -0.15) is 0 Å². The largest absolute Gasteiger partial charge is 0.469 e. The molecule has 0 unspecified atom stereocenters. The fourth-order valence-corrected chi connectivity index (χ4v) is 4.10. The molecule has 3 aromatic rings. The van der Waals surface area contributed by atoms with Crippen LogP contribution >= 0.6 is 0 Å². The standard InChI is InChI=1S/C24H24F2N4O4/c1-33-21(31)12-14-2-4-15(5-3-14)16-6-8-17(9-7-16)27-22(32)23-29-30-24(34-23)28-18-10-11-19(25)20(26)13-18/h6-11,13-15H,2-5,12H2,1H3,(H,27,32)(H,28,30). The molecule has 178 valence electrons. The van der Waals surface area contributed by atoms with Gasteiger partial charge in [-0.15, -0.1) is 5.10 Å². The highest BCUT2D eigenvalue weighted by molar-refractivity contribution is 6.00. The number of amides is 1. The van der Waals surface area contributed by atoms with E-state index in [1.165, 1.54) is 18.7 Å². The minimum atomic E-state index is -1.03. The Hall–Kier alpha value is -3.82. The number of benzene rings is 2. The third kappa shape index (κ3) is 5.75. The van der Waals surface area contributed by atoms with Crippen LogP contribution in [-0.4, -0.2) is 29.2 Å². The van der Waals surface area contributed by atoms with E-state index in [-0.39, 0.29) is 23.6 Å². The van der Waals surface area contributed by atoms with Crippen molar-refractivity contribution in [3.05, 3.63) is 65.6 Å². The molecule has 2 N–H and O–H groups in total. The second kappa shape index (κ2) is 10.4. The summed E-state index contributed by atoms with van der Waals surface area (Å²) in [6.07, 6.45) is 4.45. The summed E-state index contributed by atoms with van der Waals surface area (Å²) in [5, 5.41) is 12.7. The van der Waals surface area contributed by atoms with Gasteiger partial charge in [0.15, 0.2) is 11.6 Å². The Labute approximate surface area is 194 Å². The molecule has 0 spiro atoms. The number of hydrogen-bond donors (Lipinski definition) is 2. The second-order valence-electron chi connectivity index (χ2n) is 8.24. The average molecular weight is 470 g/mol. The molecule has 34 heavy (non-hydrogen) atoms. The monoisotopic (exact) mass is 470 g/mol. The van der Waals surface area contributed by atoms with Crippen LogP contribution in [0.3, 0.4) is 0 Å². The molecule has 1 heterocycles. The minimum Gasteiger partial charge on any atom is -0.469 e. The maximum atomic E-state index is 13.3. The number of carbonyl (C=O) groups excluding carboxylic acids is 2. The number of hydrogen-bond acceptors (Lipinski definition) is 7. The van der Waals surface area contributed by atoms with Crippen molar-refractivity contribution in [3.8, 4) is 0 Å². The van der Waals surface area contributed by atoms with E-state index in [2.05, 4.69) is 20.8 Å². The van der Waals surface area contributed by atoms with E-state index in [0.717, 1.165) is 37.8 Å². The molecule has 1 amide bonds. The number of nitrogens with zero attached hydrogens (tertiary/aromatic N) is 2. The van der Waals surface area contributed by atoms with E-state index < -0.39 is 17.5 Å². The van der Waals surface area contributed by atoms with Crippen LogP contribution in [0.5, 0.6) is 0 Å². The summed E-state index contributed by atoms with van der Waals surface area (Å²) < 4.78 is 36.4. The number of carbonyl (C=O) groups is 2. The van der Waals surface area contributed by atoms with E-state index in [4.69, 9.17) is 9.15 Å². The van der Waals surface area contributed by atoms with Crippen molar-refractivity contribution in [2.45, 2.75) is 38.0 Å². The quantitative estimate of drug-likeness (QED) is 0.458. The zero-order valence-corrected chi connectivity index (χ0v) is 18.5. The fourth-order valence-electron chi connectivity index (χ4n) is 4.10. The van der Waals surface area contributed by atoms with Gasteiger partial charge >= 0.3 is 23.8 Å². The van der Waals surface area contributed by atoms with E-state index in [1.807, 2.05) is 24.3 Å². The molecular weight excluding hydrogens is 446 g/mol. The maximum absolute atomic E-state index is 13.3. The lowest BCUT2D eigenvalue weighted by atomic mass is 9.77. The molecular formula is C24H24F2N4O4. The zero-order chi connectivity index (χ0) is 24.1. The van der Waals surface area contributed by atoms with Crippen LogP contribution in [0.1, 0.15) is 54.3 Å². The lowest BCUT2D eigenvalue weighted by Crippen LogP contribution is -2.17. The van der Waals surface area contributed by atoms with Gasteiger partial charge in [0, 0.05) is 23.9 Å². The van der Waals surface area contributed by atoms with Crippen LogP contribution in [-0.2, 0) is 9.53 Å². The Balaban J connectivity index is 1.30. The molecule has 1 saturated carbocycles. The molecule has 10 heteroatoms. The number of ether oxygens (including phenoxy) is 1. The van der Waals surface area contributed by atoms with E-state index in [9.17, 15) is 18.4 Å².